The minimum Gasteiger partial charge on any atom is -0.404 e. The number of allylic oxidation sites excluding steroid dienone is 1. The normalized spacial score (nSPS) is 12.8. The molecule has 0 spiro atoms. The number of aliphatic imine (C=N–C) groups is 1. The first-order valence-corrected chi connectivity index (χ1v) is 5.33. The van der Waals surface area contributed by atoms with E-state index in [0.29, 0.717) is 0 Å². The second-order valence-electron chi connectivity index (χ2n) is 3.84. The number of rotatable bonds is 2. The molecular weight excluding hydrogens is 214 g/mol. The summed E-state index contributed by atoms with van der Waals surface area (Å²) in [6, 6.07) is 2.01. The van der Waals surface area contributed by atoms with Crippen LogP contribution in [0.5, 0.6) is 0 Å². The highest BCUT2D eigenvalue weighted by atomic mass is 15.2. The molecule has 88 valence electrons. The number of aromatic nitrogens is 3. The zero-order valence-corrected chi connectivity index (χ0v) is 10.2. The van der Waals surface area contributed by atoms with Gasteiger partial charge in [-0.3, -0.25) is 4.99 Å². The van der Waals surface area contributed by atoms with Crippen LogP contribution in [-0.4, -0.2) is 27.9 Å². The maximum Gasteiger partial charge on any atom is 0.0919 e. The highest BCUT2D eigenvalue weighted by molar-refractivity contribution is 6.08. The minimum absolute atomic E-state index is 0.770. The van der Waals surface area contributed by atoms with Gasteiger partial charge in [0.1, 0.15) is 0 Å². The monoisotopic (exact) mass is 229 g/mol. The van der Waals surface area contributed by atoms with Crippen LogP contribution in [0.15, 0.2) is 23.5 Å². The molecule has 2 heterocycles. The molecule has 2 aromatic rings. The lowest BCUT2D eigenvalue weighted by atomic mass is 10.2. The van der Waals surface area contributed by atoms with Crippen LogP contribution >= 0.6 is 0 Å². The predicted molar refractivity (Wildman–Crippen MR) is 69.0 cm³/mol. The molecule has 0 unspecified atom stereocenters. The van der Waals surface area contributed by atoms with Crippen LogP contribution < -0.4 is 5.73 Å². The molecule has 0 aromatic carbocycles. The Morgan fingerprint density at radius 1 is 1.47 bits per heavy atom. The summed E-state index contributed by atoms with van der Waals surface area (Å²) in [5.41, 5.74) is 10.0. The molecule has 0 aliphatic heterocycles. The van der Waals surface area contributed by atoms with E-state index in [1.54, 1.807) is 13.3 Å². The summed E-state index contributed by atoms with van der Waals surface area (Å²) in [6.45, 7) is 3.91. The summed E-state index contributed by atoms with van der Waals surface area (Å²) in [4.78, 5) is 8.46. The summed E-state index contributed by atoms with van der Waals surface area (Å²) in [6.07, 6.45) is 5.04. The molecule has 5 heteroatoms. The molecule has 2 rings (SSSR count). The number of hydrogen-bond acceptors (Lipinski definition) is 4. The van der Waals surface area contributed by atoms with Crippen molar-refractivity contribution in [3.05, 3.63) is 35.5 Å². The fourth-order valence-electron chi connectivity index (χ4n) is 1.74. The van der Waals surface area contributed by atoms with E-state index < -0.39 is 0 Å². The van der Waals surface area contributed by atoms with Crippen molar-refractivity contribution >= 4 is 17.3 Å². The van der Waals surface area contributed by atoms with Gasteiger partial charge < -0.3 is 5.73 Å². The van der Waals surface area contributed by atoms with Gasteiger partial charge in [-0.2, -0.15) is 5.10 Å². The van der Waals surface area contributed by atoms with Crippen molar-refractivity contribution in [1.29, 1.82) is 0 Å². The predicted octanol–water partition coefficient (Wildman–Crippen LogP) is 1.35. The molecule has 0 fully saturated rings. The minimum atomic E-state index is 0.770. The van der Waals surface area contributed by atoms with Crippen molar-refractivity contribution < 1.29 is 0 Å². The zero-order valence-electron chi connectivity index (χ0n) is 10.2. The zero-order chi connectivity index (χ0) is 12.4. The van der Waals surface area contributed by atoms with Gasteiger partial charge in [-0.1, -0.05) is 0 Å². The molecule has 0 aliphatic carbocycles. The van der Waals surface area contributed by atoms with Crippen molar-refractivity contribution in [2.75, 3.05) is 7.05 Å². The lowest BCUT2D eigenvalue weighted by Crippen LogP contribution is -2.01. The van der Waals surface area contributed by atoms with Gasteiger partial charge in [0.25, 0.3) is 0 Å². The molecule has 0 radical (unpaired) electrons. The molecule has 2 aromatic heterocycles. The van der Waals surface area contributed by atoms with Crippen LogP contribution in [0.3, 0.4) is 0 Å². The standard InChI is InChI=1S/C12H15N5/c1-8-4-12-9(2)15-11(7-17(12)16-8)10(5-13)6-14-3/h4-7H,13H2,1-3H3. The topological polar surface area (TPSA) is 68.6 Å². The molecule has 0 bridgehead atoms. The average molecular weight is 229 g/mol. The molecule has 0 amide bonds. The Hall–Kier alpha value is -2.17. The number of nitrogens with two attached hydrogens (primary N) is 1. The molecule has 5 nitrogen and oxygen atoms in total. The second kappa shape index (κ2) is 4.37. The number of aryl methyl sites for hydroxylation is 2. The Morgan fingerprint density at radius 3 is 2.88 bits per heavy atom. The summed E-state index contributed by atoms with van der Waals surface area (Å²) in [7, 11) is 1.70. The van der Waals surface area contributed by atoms with Gasteiger partial charge in [0, 0.05) is 25.0 Å². The largest absolute Gasteiger partial charge is 0.404 e. The van der Waals surface area contributed by atoms with E-state index in [4.69, 9.17) is 5.73 Å². The highest BCUT2D eigenvalue weighted by Gasteiger charge is 2.07. The van der Waals surface area contributed by atoms with E-state index in [-0.39, 0.29) is 0 Å². The Morgan fingerprint density at radius 2 is 2.24 bits per heavy atom. The molecule has 0 saturated carbocycles. The van der Waals surface area contributed by atoms with E-state index in [0.717, 1.165) is 28.2 Å². The van der Waals surface area contributed by atoms with Crippen LogP contribution in [0.4, 0.5) is 0 Å². The molecule has 0 aliphatic rings. The van der Waals surface area contributed by atoms with Gasteiger partial charge in [-0.15, -0.1) is 0 Å². The van der Waals surface area contributed by atoms with Gasteiger partial charge in [-0.25, -0.2) is 9.50 Å². The van der Waals surface area contributed by atoms with Crippen LogP contribution in [0.2, 0.25) is 0 Å². The fraction of sp³-hybridized carbons (Fsp3) is 0.250. The van der Waals surface area contributed by atoms with Crippen LogP contribution in [-0.2, 0) is 0 Å². The number of hydrogen-bond donors (Lipinski definition) is 1. The van der Waals surface area contributed by atoms with Crippen molar-refractivity contribution in [2.24, 2.45) is 10.7 Å². The Labute approximate surface area is 99.7 Å². The lowest BCUT2D eigenvalue weighted by molar-refractivity contribution is 0.908. The molecule has 0 atom stereocenters. The summed E-state index contributed by atoms with van der Waals surface area (Å²) in [5.74, 6) is 0. The van der Waals surface area contributed by atoms with E-state index in [1.807, 2.05) is 30.6 Å². The van der Waals surface area contributed by atoms with Gasteiger partial charge in [-0.05, 0) is 19.9 Å². The Bertz CT molecular complexity index is 607. The molecule has 0 saturated heterocycles. The summed E-state index contributed by atoms with van der Waals surface area (Å²) in [5, 5.41) is 4.38. The fourth-order valence-corrected chi connectivity index (χ4v) is 1.74. The smallest absolute Gasteiger partial charge is 0.0919 e. The average Bonchev–Trinajstić information content (AvgIpc) is 2.67. The Balaban J connectivity index is 2.64. The van der Waals surface area contributed by atoms with Gasteiger partial charge >= 0.3 is 0 Å². The van der Waals surface area contributed by atoms with Crippen molar-refractivity contribution in [1.82, 2.24) is 14.6 Å². The first kappa shape index (κ1) is 11.3. The summed E-state index contributed by atoms with van der Waals surface area (Å²) < 4.78 is 1.82. The maximum atomic E-state index is 5.57. The molecule has 2 N–H and O–H groups in total. The quantitative estimate of drug-likeness (QED) is 0.790. The van der Waals surface area contributed by atoms with E-state index in [9.17, 15) is 0 Å². The maximum absolute atomic E-state index is 5.57. The van der Waals surface area contributed by atoms with Crippen molar-refractivity contribution in [3.63, 3.8) is 0 Å². The number of fused-ring (bicyclic) bond motifs is 1. The third-order valence-corrected chi connectivity index (χ3v) is 2.50. The molecule has 17 heavy (non-hydrogen) atoms. The van der Waals surface area contributed by atoms with E-state index >= 15 is 0 Å². The van der Waals surface area contributed by atoms with Crippen LogP contribution in [0, 0.1) is 13.8 Å². The second-order valence-corrected chi connectivity index (χ2v) is 3.84. The van der Waals surface area contributed by atoms with E-state index in [1.165, 1.54) is 6.20 Å². The van der Waals surface area contributed by atoms with Crippen molar-refractivity contribution in [3.8, 4) is 0 Å². The Kier molecular flexibility index (Phi) is 2.91. The van der Waals surface area contributed by atoms with Gasteiger partial charge in [0.05, 0.1) is 28.8 Å². The SMILES string of the molecule is CN=CC(=CN)c1cn2nc(C)cc2c(C)n1. The first-order chi connectivity index (χ1) is 8.15. The van der Waals surface area contributed by atoms with Gasteiger partial charge in [0.15, 0.2) is 0 Å². The van der Waals surface area contributed by atoms with Gasteiger partial charge in [0.2, 0.25) is 0 Å². The summed E-state index contributed by atoms with van der Waals surface area (Å²) >= 11 is 0. The third-order valence-electron chi connectivity index (χ3n) is 2.50. The van der Waals surface area contributed by atoms with Crippen molar-refractivity contribution in [2.45, 2.75) is 13.8 Å². The van der Waals surface area contributed by atoms with Crippen LogP contribution in [0.25, 0.3) is 11.1 Å². The number of nitrogens with zero attached hydrogens (tertiary/aromatic N) is 4. The first-order valence-electron chi connectivity index (χ1n) is 5.33. The molecular formula is C12H15N5. The lowest BCUT2D eigenvalue weighted by Gasteiger charge is -2.04. The van der Waals surface area contributed by atoms with E-state index in [2.05, 4.69) is 15.1 Å². The highest BCUT2D eigenvalue weighted by Crippen LogP contribution is 2.14. The van der Waals surface area contributed by atoms with Crippen LogP contribution in [0.1, 0.15) is 17.1 Å². The third kappa shape index (κ3) is 2.04.